The van der Waals surface area contributed by atoms with Crippen molar-refractivity contribution < 1.29 is 4.79 Å². The second kappa shape index (κ2) is 8.42. The van der Waals surface area contributed by atoms with E-state index in [1.54, 1.807) is 4.68 Å². The summed E-state index contributed by atoms with van der Waals surface area (Å²) < 4.78 is 2.54. The highest BCUT2D eigenvalue weighted by Gasteiger charge is 2.20. The van der Waals surface area contributed by atoms with E-state index in [0.717, 1.165) is 26.9 Å². The standard InChI is InChI=1S/C23H18BrClN4O/c1-14-9-11-16(12-10-14)22-27-21(23(30)26-18-6-3-5-17(24)13-18)28-29(22)20-8-4-7-19(25)15(20)2/h3-13H,1-2H3,(H,26,30). The number of carbonyl (C=O) groups is 1. The van der Waals surface area contributed by atoms with E-state index in [1.807, 2.05) is 80.6 Å². The van der Waals surface area contributed by atoms with E-state index in [-0.39, 0.29) is 11.7 Å². The number of aromatic nitrogens is 3. The van der Waals surface area contributed by atoms with Crippen LogP contribution in [0.4, 0.5) is 5.69 Å². The lowest BCUT2D eigenvalue weighted by Crippen LogP contribution is -2.14. The summed E-state index contributed by atoms with van der Waals surface area (Å²) in [6.07, 6.45) is 0. The average molecular weight is 482 g/mol. The summed E-state index contributed by atoms with van der Waals surface area (Å²) >= 11 is 9.74. The molecule has 1 amide bonds. The molecule has 30 heavy (non-hydrogen) atoms. The number of amides is 1. The molecule has 0 aliphatic rings. The third kappa shape index (κ3) is 4.15. The maximum atomic E-state index is 12.9. The van der Waals surface area contributed by atoms with E-state index in [4.69, 9.17) is 11.6 Å². The molecule has 0 atom stereocenters. The number of hydrogen-bond acceptors (Lipinski definition) is 3. The van der Waals surface area contributed by atoms with Crippen molar-refractivity contribution in [2.45, 2.75) is 13.8 Å². The molecule has 1 aromatic heterocycles. The van der Waals surface area contributed by atoms with Crippen molar-refractivity contribution >= 4 is 39.1 Å². The van der Waals surface area contributed by atoms with Crippen LogP contribution < -0.4 is 5.32 Å². The first-order chi connectivity index (χ1) is 14.4. The Labute approximate surface area is 187 Å². The monoisotopic (exact) mass is 480 g/mol. The summed E-state index contributed by atoms with van der Waals surface area (Å²) in [4.78, 5) is 17.4. The van der Waals surface area contributed by atoms with Crippen LogP contribution in [0.1, 0.15) is 21.7 Å². The van der Waals surface area contributed by atoms with Crippen molar-refractivity contribution in [1.82, 2.24) is 14.8 Å². The molecule has 3 aromatic carbocycles. The number of carbonyl (C=O) groups excluding carboxylic acids is 1. The fourth-order valence-corrected chi connectivity index (χ4v) is 3.61. The third-order valence-electron chi connectivity index (χ3n) is 4.67. The number of anilines is 1. The first-order valence-electron chi connectivity index (χ1n) is 9.29. The summed E-state index contributed by atoms with van der Waals surface area (Å²) in [6.45, 7) is 3.94. The molecule has 0 aliphatic heterocycles. The van der Waals surface area contributed by atoms with Crippen LogP contribution >= 0.6 is 27.5 Å². The second-order valence-corrected chi connectivity index (χ2v) is 8.21. The fourth-order valence-electron chi connectivity index (χ4n) is 3.04. The van der Waals surface area contributed by atoms with E-state index in [9.17, 15) is 4.79 Å². The number of hydrogen-bond donors (Lipinski definition) is 1. The van der Waals surface area contributed by atoms with E-state index in [1.165, 1.54) is 0 Å². The van der Waals surface area contributed by atoms with Gasteiger partial charge in [0.05, 0.1) is 5.69 Å². The Kier molecular flexibility index (Phi) is 5.70. The van der Waals surface area contributed by atoms with E-state index in [0.29, 0.717) is 16.5 Å². The van der Waals surface area contributed by atoms with Crippen molar-refractivity contribution in [3.63, 3.8) is 0 Å². The zero-order chi connectivity index (χ0) is 21.3. The van der Waals surface area contributed by atoms with Crippen LogP contribution in [-0.2, 0) is 0 Å². The van der Waals surface area contributed by atoms with Gasteiger partial charge in [-0.05, 0) is 49.7 Å². The van der Waals surface area contributed by atoms with Crippen LogP contribution in [0, 0.1) is 13.8 Å². The fraction of sp³-hybridized carbons (Fsp3) is 0.0870. The molecule has 0 aliphatic carbocycles. The average Bonchev–Trinajstić information content (AvgIpc) is 3.16. The van der Waals surface area contributed by atoms with Crippen LogP contribution in [0.2, 0.25) is 5.02 Å². The number of halogens is 2. The molecule has 0 fully saturated rings. The molecule has 0 saturated carbocycles. The first kappa shape index (κ1) is 20.3. The Balaban J connectivity index is 1.80. The molecule has 0 bridgehead atoms. The molecule has 0 radical (unpaired) electrons. The lowest BCUT2D eigenvalue weighted by Gasteiger charge is -2.10. The molecule has 0 saturated heterocycles. The Morgan fingerprint density at radius 2 is 1.77 bits per heavy atom. The highest BCUT2D eigenvalue weighted by molar-refractivity contribution is 9.10. The predicted octanol–water partition coefficient (Wildman–Crippen LogP) is 6.22. The molecule has 4 aromatic rings. The quantitative estimate of drug-likeness (QED) is 0.376. The number of nitrogens with zero attached hydrogens (tertiary/aromatic N) is 3. The summed E-state index contributed by atoms with van der Waals surface area (Å²) in [5.74, 6) is 0.254. The highest BCUT2D eigenvalue weighted by Crippen LogP contribution is 2.27. The topological polar surface area (TPSA) is 59.8 Å². The molecule has 5 nitrogen and oxygen atoms in total. The molecule has 7 heteroatoms. The van der Waals surface area contributed by atoms with E-state index >= 15 is 0 Å². The normalized spacial score (nSPS) is 10.8. The lowest BCUT2D eigenvalue weighted by molar-refractivity contribution is 0.101. The van der Waals surface area contributed by atoms with Crippen LogP contribution in [0.3, 0.4) is 0 Å². The molecule has 150 valence electrons. The Morgan fingerprint density at radius 3 is 2.50 bits per heavy atom. The Bertz CT molecular complexity index is 1230. The minimum atomic E-state index is -0.389. The van der Waals surface area contributed by atoms with Crippen LogP contribution in [0.25, 0.3) is 17.1 Å². The van der Waals surface area contributed by atoms with Crippen molar-refractivity contribution in [2.24, 2.45) is 0 Å². The van der Waals surface area contributed by atoms with E-state index < -0.39 is 0 Å². The van der Waals surface area contributed by atoms with Gasteiger partial charge in [0, 0.05) is 20.7 Å². The lowest BCUT2D eigenvalue weighted by atomic mass is 10.1. The predicted molar refractivity (Wildman–Crippen MR) is 123 cm³/mol. The number of nitrogens with one attached hydrogen (secondary N) is 1. The molecule has 1 heterocycles. The molecule has 0 unspecified atom stereocenters. The van der Waals surface area contributed by atoms with Crippen molar-refractivity contribution in [3.05, 3.63) is 93.2 Å². The molecule has 1 N–H and O–H groups in total. The van der Waals surface area contributed by atoms with Crippen LogP contribution in [-0.4, -0.2) is 20.7 Å². The molecular weight excluding hydrogens is 464 g/mol. The van der Waals surface area contributed by atoms with Gasteiger partial charge in [0.1, 0.15) is 0 Å². The molecular formula is C23H18BrClN4O. The van der Waals surface area contributed by atoms with Gasteiger partial charge in [-0.3, -0.25) is 4.79 Å². The Hall–Kier alpha value is -2.96. The van der Waals surface area contributed by atoms with Gasteiger partial charge in [0.25, 0.3) is 5.91 Å². The molecule has 0 spiro atoms. The molecule has 4 rings (SSSR count). The minimum absolute atomic E-state index is 0.0740. The van der Waals surface area contributed by atoms with Gasteiger partial charge >= 0.3 is 0 Å². The van der Waals surface area contributed by atoms with Gasteiger partial charge in [-0.2, -0.15) is 0 Å². The second-order valence-electron chi connectivity index (χ2n) is 6.89. The van der Waals surface area contributed by atoms with Crippen LogP contribution in [0.15, 0.2) is 71.2 Å². The van der Waals surface area contributed by atoms with Gasteiger partial charge in [-0.15, -0.1) is 5.10 Å². The van der Waals surface area contributed by atoms with Crippen LogP contribution in [0.5, 0.6) is 0 Å². The number of rotatable bonds is 4. The third-order valence-corrected chi connectivity index (χ3v) is 5.57. The van der Waals surface area contributed by atoms with E-state index in [2.05, 4.69) is 31.3 Å². The van der Waals surface area contributed by atoms with Gasteiger partial charge in [0.2, 0.25) is 5.82 Å². The van der Waals surface area contributed by atoms with Gasteiger partial charge < -0.3 is 5.32 Å². The summed E-state index contributed by atoms with van der Waals surface area (Å²) in [6, 6.07) is 20.9. The minimum Gasteiger partial charge on any atom is -0.319 e. The summed E-state index contributed by atoms with van der Waals surface area (Å²) in [5.41, 5.74) is 4.27. The van der Waals surface area contributed by atoms with Gasteiger partial charge in [-0.1, -0.05) is 69.5 Å². The smallest absolute Gasteiger partial charge is 0.295 e. The maximum absolute atomic E-state index is 12.9. The van der Waals surface area contributed by atoms with Gasteiger partial charge in [-0.25, -0.2) is 9.67 Å². The zero-order valence-corrected chi connectivity index (χ0v) is 18.7. The maximum Gasteiger partial charge on any atom is 0.295 e. The number of aryl methyl sites for hydroxylation is 1. The van der Waals surface area contributed by atoms with Gasteiger partial charge in [0.15, 0.2) is 5.82 Å². The highest BCUT2D eigenvalue weighted by atomic mass is 79.9. The zero-order valence-electron chi connectivity index (χ0n) is 16.4. The number of benzene rings is 3. The SMILES string of the molecule is Cc1ccc(-c2nc(C(=O)Nc3cccc(Br)c3)nn2-c2cccc(Cl)c2C)cc1. The summed E-state index contributed by atoms with van der Waals surface area (Å²) in [7, 11) is 0. The largest absolute Gasteiger partial charge is 0.319 e. The Morgan fingerprint density at radius 1 is 1.03 bits per heavy atom. The van der Waals surface area contributed by atoms with Crippen molar-refractivity contribution in [2.75, 3.05) is 5.32 Å². The summed E-state index contributed by atoms with van der Waals surface area (Å²) in [5, 5.41) is 7.99. The first-order valence-corrected chi connectivity index (χ1v) is 10.5. The van der Waals surface area contributed by atoms with Crippen molar-refractivity contribution in [1.29, 1.82) is 0 Å². The van der Waals surface area contributed by atoms with Crippen molar-refractivity contribution in [3.8, 4) is 17.1 Å².